The van der Waals surface area contributed by atoms with Crippen LogP contribution in [0.3, 0.4) is 0 Å². The number of ether oxygens (including phenoxy) is 2. The number of nitrogens with two attached hydrogens (primary N) is 1. The smallest absolute Gasteiger partial charge is 0.338 e. The second kappa shape index (κ2) is 7.15. The van der Waals surface area contributed by atoms with Crippen LogP contribution < -0.4 is 10.5 Å². The fourth-order valence-electron chi connectivity index (χ4n) is 2.67. The number of urea groups is 1. The molecule has 136 valence electrons. The van der Waals surface area contributed by atoms with Crippen LogP contribution in [0, 0.1) is 0 Å². The summed E-state index contributed by atoms with van der Waals surface area (Å²) in [7, 11) is 0. The maximum atomic E-state index is 11.2. The van der Waals surface area contributed by atoms with Gasteiger partial charge in [0.05, 0.1) is 6.04 Å². The topological polar surface area (TPSA) is 97.4 Å². The Morgan fingerprint density at radius 3 is 2.65 bits per heavy atom. The molecule has 0 aliphatic carbocycles. The van der Waals surface area contributed by atoms with Gasteiger partial charge in [-0.25, -0.2) is 9.86 Å². The molecule has 7 nitrogen and oxygen atoms in total. The van der Waals surface area contributed by atoms with E-state index in [9.17, 15) is 10.0 Å². The Morgan fingerprint density at radius 1 is 1.27 bits per heavy atom. The quantitative estimate of drug-likeness (QED) is 0.633. The van der Waals surface area contributed by atoms with Crippen molar-refractivity contribution >= 4 is 12.2 Å². The zero-order valence-corrected chi connectivity index (χ0v) is 14.6. The van der Waals surface area contributed by atoms with Gasteiger partial charge in [0.15, 0.2) is 6.23 Å². The number of hydrogen-bond acceptors (Lipinski definition) is 5. The third-order valence-electron chi connectivity index (χ3n) is 4.38. The van der Waals surface area contributed by atoms with E-state index in [1.165, 1.54) is 0 Å². The van der Waals surface area contributed by atoms with Gasteiger partial charge in [0, 0.05) is 11.8 Å². The zero-order chi connectivity index (χ0) is 18.7. The summed E-state index contributed by atoms with van der Waals surface area (Å²) >= 11 is 0. The molecule has 0 saturated heterocycles. The van der Waals surface area contributed by atoms with Crippen molar-refractivity contribution in [3.8, 4) is 11.5 Å². The van der Waals surface area contributed by atoms with Gasteiger partial charge in [0.2, 0.25) is 0 Å². The standard InChI is InChI=1S/C19H21N3O4/c1-13(22(24)18(20)23)19(2)12-21-17(26-19)14-7-6-10-16(11-14)25-15-8-4-3-5-9-15/h3-13,17,24H,1-2H3,(H2,20,23). The molecule has 2 aromatic rings. The molecule has 0 aromatic heterocycles. The lowest BCUT2D eigenvalue weighted by Gasteiger charge is -2.33. The van der Waals surface area contributed by atoms with E-state index < -0.39 is 23.9 Å². The van der Waals surface area contributed by atoms with Crippen LogP contribution in [0.15, 0.2) is 59.6 Å². The van der Waals surface area contributed by atoms with Crippen molar-refractivity contribution in [3.63, 3.8) is 0 Å². The normalized spacial score (nSPS) is 22.8. The summed E-state index contributed by atoms with van der Waals surface area (Å²) in [5, 5.41) is 10.2. The molecule has 3 unspecified atom stereocenters. The number of para-hydroxylation sites is 1. The summed E-state index contributed by atoms with van der Waals surface area (Å²) < 4.78 is 11.8. The van der Waals surface area contributed by atoms with E-state index in [2.05, 4.69) is 4.99 Å². The van der Waals surface area contributed by atoms with Gasteiger partial charge in [0.1, 0.15) is 17.1 Å². The highest BCUT2D eigenvalue weighted by Crippen LogP contribution is 2.35. The van der Waals surface area contributed by atoms with Gasteiger partial charge < -0.3 is 15.2 Å². The lowest BCUT2D eigenvalue weighted by Crippen LogP contribution is -2.53. The number of carbonyl (C=O) groups excluding carboxylic acids is 1. The van der Waals surface area contributed by atoms with Crippen molar-refractivity contribution in [1.29, 1.82) is 0 Å². The molecule has 0 spiro atoms. The second-order valence-corrected chi connectivity index (χ2v) is 6.28. The molecular formula is C19H21N3O4. The van der Waals surface area contributed by atoms with Gasteiger partial charge in [-0.05, 0) is 38.1 Å². The van der Waals surface area contributed by atoms with Crippen molar-refractivity contribution in [1.82, 2.24) is 5.06 Å². The first-order chi connectivity index (χ1) is 12.4. The average molecular weight is 355 g/mol. The van der Waals surface area contributed by atoms with E-state index in [-0.39, 0.29) is 0 Å². The summed E-state index contributed by atoms with van der Waals surface area (Å²) in [5.41, 5.74) is 4.96. The van der Waals surface area contributed by atoms with Crippen LogP contribution in [0.25, 0.3) is 0 Å². The highest BCUT2D eigenvalue weighted by Gasteiger charge is 2.42. The van der Waals surface area contributed by atoms with Gasteiger partial charge in [0.25, 0.3) is 0 Å². The van der Waals surface area contributed by atoms with Gasteiger partial charge in [-0.15, -0.1) is 0 Å². The lowest BCUT2D eigenvalue weighted by atomic mass is 9.99. The molecule has 3 atom stereocenters. The summed E-state index contributed by atoms with van der Waals surface area (Å²) in [5.74, 6) is 1.39. The number of primary amides is 1. The van der Waals surface area contributed by atoms with Crippen LogP contribution in [0.5, 0.6) is 11.5 Å². The Bertz CT molecular complexity index is 811. The molecule has 0 bridgehead atoms. The van der Waals surface area contributed by atoms with Crippen LogP contribution in [-0.4, -0.2) is 34.2 Å². The van der Waals surface area contributed by atoms with E-state index >= 15 is 0 Å². The Morgan fingerprint density at radius 2 is 1.96 bits per heavy atom. The average Bonchev–Trinajstić information content (AvgIpc) is 3.05. The number of nitrogens with zero attached hydrogens (tertiary/aromatic N) is 2. The first kappa shape index (κ1) is 17.9. The largest absolute Gasteiger partial charge is 0.457 e. The van der Waals surface area contributed by atoms with E-state index in [1.807, 2.05) is 54.6 Å². The van der Waals surface area contributed by atoms with Crippen LogP contribution in [0.1, 0.15) is 25.6 Å². The van der Waals surface area contributed by atoms with Gasteiger partial charge in [-0.2, -0.15) is 0 Å². The summed E-state index contributed by atoms with van der Waals surface area (Å²) in [4.78, 5) is 15.6. The number of benzene rings is 2. The predicted molar refractivity (Wildman–Crippen MR) is 96.4 cm³/mol. The summed E-state index contributed by atoms with van der Waals surface area (Å²) in [6.07, 6.45) is 1.02. The summed E-state index contributed by atoms with van der Waals surface area (Å²) in [6.45, 7) is 3.37. The highest BCUT2D eigenvalue weighted by molar-refractivity contribution is 5.75. The van der Waals surface area contributed by atoms with E-state index in [0.29, 0.717) is 10.8 Å². The Balaban J connectivity index is 1.74. The molecule has 1 heterocycles. The van der Waals surface area contributed by atoms with E-state index in [0.717, 1.165) is 11.3 Å². The molecule has 2 amide bonds. The van der Waals surface area contributed by atoms with Gasteiger partial charge in [-0.3, -0.25) is 10.2 Å². The van der Waals surface area contributed by atoms with Crippen LogP contribution in [0.4, 0.5) is 4.79 Å². The van der Waals surface area contributed by atoms with Crippen LogP contribution >= 0.6 is 0 Å². The maximum absolute atomic E-state index is 11.2. The number of hydroxylamine groups is 2. The molecule has 2 aromatic carbocycles. The van der Waals surface area contributed by atoms with Crippen LogP contribution in [0.2, 0.25) is 0 Å². The first-order valence-corrected chi connectivity index (χ1v) is 8.21. The third kappa shape index (κ3) is 3.68. The van der Waals surface area contributed by atoms with E-state index in [4.69, 9.17) is 15.2 Å². The van der Waals surface area contributed by atoms with Crippen molar-refractivity contribution in [2.75, 3.05) is 0 Å². The molecule has 3 N–H and O–H groups in total. The molecule has 0 saturated carbocycles. The van der Waals surface area contributed by atoms with Crippen molar-refractivity contribution in [3.05, 3.63) is 60.2 Å². The number of hydrogen-bond donors (Lipinski definition) is 2. The third-order valence-corrected chi connectivity index (χ3v) is 4.38. The minimum absolute atomic E-state index is 0.448. The molecule has 0 radical (unpaired) electrons. The zero-order valence-electron chi connectivity index (χ0n) is 14.6. The molecule has 26 heavy (non-hydrogen) atoms. The number of aliphatic imine (C=N–C) groups is 1. The predicted octanol–water partition coefficient (Wildman–Crippen LogP) is 3.50. The van der Waals surface area contributed by atoms with E-state index in [1.54, 1.807) is 20.1 Å². The number of amides is 2. The first-order valence-electron chi connectivity index (χ1n) is 8.21. The van der Waals surface area contributed by atoms with Crippen molar-refractivity contribution in [2.24, 2.45) is 10.7 Å². The van der Waals surface area contributed by atoms with Crippen molar-refractivity contribution in [2.45, 2.75) is 31.7 Å². The molecule has 1 aliphatic rings. The molecule has 3 rings (SSSR count). The van der Waals surface area contributed by atoms with Gasteiger partial charge >= 0.3 is 6.03 Å². The molecule has 1 aliphatic heterocycles. The molecular weight excluding hydrogens is 334 g/mol. The Labute approximate surface area is 151 Å². The monoisotopic (exact) mass is 355 g/mol. The maximum Gasteiger partial charge on any atom is 0.338 e. The SMILES string of the molecule is CC(N(O)C(N)=O)C1(C)C=NC(c2cccc(Oc3ccccc3)c2)O1. The minimum Gasteiger partial charge on any atom is -0.457 e. The molecule has 0 fully saturated rings. The van der Waals surface area contributed by atoms with Crippen molar-refractivity contribution < 1.29 is 19.5 Å². The fourth-order valence-corrected chi connectivity index (χ4v) is 2.67. The Hall–Kier alpha value is -2.90. The number of rotatable bonds is 5. The summed E-state index contributed by atoms with van der Waals surface area (Å²) in [6, 6.07) is 15.2. The second-order valence-electron chi connectivity index (χ2n) is 6.28. The molecule has 7 heteroatoms. The van der Waals surface area contributed by atoms with Crippen LogP contribution in [-0.2, 0) is 4.74 Å². The lowest BCUT2D eigenvalue weighted by molar-refractivity contribution is -0.139. The van der Waals surface area contributed by atoms with Gasteiger partial charge in [-0.1, -0.05) is 30.3 Å². The Kier molecular flexibility index (Phi) is 4.92. The highest BCUT2D eigenvalue weighted by atomic mass is 16.6. The fraction of sp³-hybridized carbons (Fsp3) is 0.263. The number of carbonyl (C=O) groups is 1. The minimum atomic E-state index is -0.968.